The van der Waals surface area contributed by atoms with Gasteiger partial charge in [0.1, 0.15) is 11.4 Å². The number of amides is 1. The second-order valence-electron chi connectivity index (χ2n) is 6.25. The van der Waals surface area contributed by atoms with E-state index in [1.807, 2.05) is 91.2 Å². The molecule has 4 nitrogen and oxygen atoms in total. The summed E-state index contributed by atoms with van der Waals surface area (Å²) in [6.07, 6.45) is 0. The average molecular weight is 373 g/mol. The topological polar surface area (TPSA) is 46.9 Å². The molecule has 0 aliphatic carbocycles. The van der Waals surface area contributed by atoms with Gasteiger partial charge in [-0.3, -0.25) is 4.79 Å². The van der Waals surface area contributed by atoms with Gasteiger partial charge in [0.15, 0.2) is 0 Å². The van der Waals surface area contributed by atoms with Crippen LogP contribution >= 0.6 is 11.3 Å². The summed E-state index contributed by atoms with van der Waals surface area (Å²) in [5.74, 6) is -0.148. The van der Waals surface area contributed by atoms with Crippen LogP contribution in [0.3, 0.4) is 0 Å². The summed E-state index contributed by atoms with van der Waals surface area (Å²) in [6.45, 7) is 1.98. The monoisotopic (exact) mass is 373 g/mol. The first-order valence-electron chi connectivity index (χ1n) is 8.77. The quantitative estimate of drug-likeness (QED) is 0.529. The van der Waals surface area contributed by atoms with Gasteiger partial charge in [-0.25, -0.2) is 4.68 Å². The van der Waals surface area contributed by atoms with Crippen LogP contribution in [0.25, 0.3) is 16.3 Å². The Morgan fingerprint density at radius 2 is 1.70 bits per heavy atom. The molecule has 0 fully saturated rings. The van der Waals surface area contributed by atoms with E-state index in [4.69, 9.17) is 5.10 Å². The Morgan fingerprint density at radius 3 is 2.37 bits per heavy atom. The Bertz CT molecular complexity index is 1020. The van der Waals surface area contributed by atoms with Crippen LogP contribution in [-0.2, 0) is 0 Å². The van der Waals surface area contributed by atoms with Crippen molar-refractivity contribution >= 4 is 17.2 Å². The summed E-state index contributed by atoms with van der Waals surface area (Å²) in [5, 5.41) is 9.78. The van der Waals surface area contributed by atoms with Crippen molar-refractivity contribution in [3.63, 3.8) is 0 Å². The van der Waals surface area contributed by atoms with Crippen LogP contribution < -0.4 is 5.32 Å². The van der Waals surface area contributed by atoms with Crippen molar-refractivity contribution in [1.29, 1.82) is 0 Å². The number of hydrogen-bond acceptors (Lipinski definition) is 3. The summed E-state index contributed by atoms with van der Waals surface area (Å²) in [7, 11) is 0. The summed E-state index contributed by atoms with van der Waals surface area (Å²) < 4.78 is 1.71. The fourth-order valence-electron chi connectivity index (χ4n) is 2.95. The van der Waals surface area contributed by atoms with Gasteiger partial charge in [-0.2, -0.15) is 5.10 Å². The van der Waals surface area contributed by atoms with Crippen molar-refractivity contribution in [2.75, 3.05) is 0 Å². The second kappa shape index (κ2) is 7.60. The summed E-state index contributed by atoms with van der Waals surface area (Å²) in [6, 6.07) is 25.4. The predicted molar refractivity (Wildman–Crippen MR) is 109 cm³/mol. The average Bonchev–Trinajstić information content (AvgIpc) is 3.39. The van der Waals surface area contributed by atoms with Crippen LogP contribution in [0.1, 0.15) is 29.0 Å². The standard InChI is InChI=1S/C22H19N3OS/c1-16(17-9-4-2-5-10-17)23-22(26)20-15-19(21-13-8-14-27-21)24-25(20)18-11-6-3-7-12-18/h2-16H,1H3,(H,23,26)/t16-/m0/s1. The minimum absolute atomic E-state index is 0.0944. The maximum Gasteiger partial charge on any atom is 0.270 e. The third kappa shape index (κ3) is 3.68. The van der Waals surface area contributed by atoms with E-state index < -0.39 is 0 Å². The minimum atomic E-state index is -0.148. The molecule has 0 aliphatic heterocycles. The first-order valence-corrected chi connectivity index (χ1v) is 9.65. The lowest BCUT2D eigenvalue weighted by Gasteiger charge is -2.15. The predicted octanol–water partition coefficient (Wildman–Crippen LogP) is 5.09. The largest absolute Gasteiger partial charge is 0.344 e. The third-order valence-corrected chi connectivity index (χ3v) is 5.26. The molecule has 0 saturated heterocycles. The van der Waals surface area contributed by atoms with Gasteiger partial charge in [-0.1, -0.05) is 54.6 Å². The molecule has 2 aromatic heterocycles. The van der Waals surface area contributed by atoms with Gasteiger partial charge >= 0.3 is 0 Å². The number of benzene rings is 2. The van der Waals surface area contributed by atoms with Crippen LogP contribution in [0.5, 0.6) is 0 Å². The number of thiophene rings is 1. The molecular formula is C22H19N3OS. The van der Waals surface area contributed by atoms with Crippen LogP contribution in [0.4, 0.5) is 0 Å². The van der Waals surface area contributed by atoms with E-state index in [9.17, 15) is 4.79 Å². The summed E-state index contributed by atoms with van der Waals surface area (Å²) in [5.41, 5.74) is 3.24. The van der Waals surface area contributed by atoms with Crippen molar-refractivity contribution in [3.8, 4) is 16.3 Å². The zero-order chi connectivity index (χ0) is 18.6. The van der Waals surface area contributed by atoms with Crippen LogP contribution in [0.15, 0.2) is 84.2 Å². The van der Waals surface area contributed by atoms with Gasteiger partial charge in [0.25, 0.3) is 5.91 Å². The molecule has 4 rings (SSSR count). The lowest BCUT2D eigenvalue weighted by Crippen LogP contribution is -2.28. The number of hydrogen-bond donors (Lipinski definition) is 1. The Morgan fingerprint density at radius 1 is 1.00 bits per heavy atom. The molecule has 0 unspecified atom stereocenters. The lowest BCUT2D eigenvalue weighted by molar-refractivity contribution is 0.0932. The molecule has 1 amide bonds. The molecule has 0 saturated carbocycles. The van der Waals surface area contributed by atoms with E-state index >= 15 is 0 Å². The fraction of sp³-hybridized carbons (Fsp3) is 0.0909. The molecule has 1 atom stereocenters. The van der Waals surface area contributed by atoms with E-state index in [0.717, 1.165) is 21.8 Å². The molecule has 4 aromatic rings. The van der Waals surface area contributed by atoms with Gasteiger partial charge in [-0.15, -0.1) is 11.3 Å². The van der Waals surface area contributed by atoms with E-state index in [2.05, 4.69) is 5.32 Å². The first kappa shape index (κ1) is 17.2. The van der Waals surface area contributed by atoms with Gasteiger partial charge in [-0.05, 0) is 42.1 Å². The highest BCUT2D eigenvalue weighted by molar-refractivity contribution is 7.13. The van der Waals surface area contributed by atoms with Crippen LogP contribution in [-0.4, -0.2) is 15.7 Å². The van der Waals surface area contributed by atoms with Gasteiger partial charge < -0.3 is 5.32 Å². The minimum Gasteiger partial charge on any atom is -0.344 e. The van der Waals surface area contributed by atoms with Crippen LogP contribution in [0.2, 0.25) is 0 Å². The molecule has 0 aliphatic rings. The fourth-order valence-corrected chi connectivity index (χ4v) is 3.63. The molecule has 2 heterocycles. The van der Waals surface area contributed by atoms with Crippen LogP contribution in [0, 0.1) is 0 Å². The SMILES string of the molecule is C[C@H](NC(=O)c1cc(-c2cccs2)nn1-c1ccccc1)c1ccccc1. The molecule has 27 heavy (non-hydrogen) atoms. The van der Waals surface area contributed by atoms with Crippen molar-refractivity contribution in [2.24, 2.45) is 0 Å². The Kier molecular flexibility index (Phi) is 4.85. The van der Waals surface area contributed by atoms with Gasteiger partial charge in [0.2, 0.25) is 0 Å². The molecule has 134 valence electrons. The Hall–Kier alpha value is -3.18. The molecule has 5 heteroatoms. The zero-order valence-electron chi connectivity index (χ0n) is 14.9. The Labute approximate surface area is 162 Å². The number of carbonyl (C=O) groups is 1. The number of carbonyl (C=O) groups excluding carboxylic acids is 1. The smallest absolute Gasteiger partial charge is 0.270 e. The normalized spacial score (nSPS) is 11.9. The molecule has 1 N–H and O–H groups in total. The maximum absolute atomic E-state index is 13.0. The van der Waals surface area contributed by atoms with Crippen molar-refractivity contribution < 1.29 is 4.79 Å². The first-order chi connectivity index (χ1) is 13.2. The number of para-hydroxylation sites is 1. The second-order valence-corrected chi connectivity index (χ2v) is 7.19. The number of aromatic nitrogens is 2. The molecule has 0 radical (unpaired) electrons. The highest BCUT2D eigenvalue weighted by Gasteiger charge is 2.19. The van der Waals surface area contributed by atoms with Gasteiger partial charge in [0, 0.05) is 0 Å². The number of nitrogens with one attached hydrogen (secondary N) is 1. The van der Waals surface area contributed by atoms with Crippen molar-refractivity contribution in [3.05, 3.63) is 95.5 Å². The van der Waals surface area contributed by atoms with E-state index in [1.165, 1.54) is 0 Å². The Balaban J connectivity index is 1.69. The van der Waals surface area contributed by atoms with Gasteiger partial charge in [0.05, 0.1) is 16.6 Å². The van der Waals surface area contributed by atoms with E-state index in [1.54, 1.807) is 16.0 Å². The molecule has 0 spiro atoms. The van der Waals surface area contributed by atoms with E-state index in [-0.39, 0.29) is 11.9 Å². The third-order valence-electron chi connectivity index (χ3n) is 4.36. The van der Waals surface area contributed by atoms with Crippen molar-refractivity contribution in [2.45, 2.75) is 13.0 Å². The zero-order valence-corrected chi connectivity index (χ0v) is 15.7. The number of rotatable bonds is 5. The highest BCUT2D eigenvalue weighted by Crippen LogP contribution is 2.26. The van der Waals surface area contributed by atoms with E-state index in [0.29, 0.717) is 5.69 Å². The maximum atomic E-state index is 13.0. The molecule has 2 aromatic carbocycles. The molecular weight excluding hydrogens is 354 g/mol. The highest BCUT2D eigenvalue weighted by atomic mass is 32.1. The lowest BCUT2D eigenvalue weighted by atomic mass is 10.1. The number of nitrogens with zero attached hydrogens (tertiary/aromatic N) is 2. The summed E-state index contributed by atoms with van der Waals surface area (Å²) >= 11 is 1.61. The summed E-state index contributed by atoms with van der Waals surface area (Å²) in [4.78, 5) is 14.1. The molecule has 0 bridgehead atoms. The van der Waals surface area contributed by atoms with Crippen molar-refractivity contribution in [1.82, 2.24) is 15.1 Å².